The fraction of sp³-hybridized carbons (Fsp3) is 0.100. The molecule has 152 valence electrons. The molecule has 0 radical (unpaired) electrons. The van der Waals surface area contributed by atoms with E-state index in [4.69, 9.17) is 16.3 Å². The molecule has 30 heavy (non-hydrogen) atoms. The summed E-state index contributed by atoms with van der Waals surface area (Å²) < 4.78 is 7.18. The lowest BCUT2D eigenvalue weighted by atomic mass is 10.1. The number of nitrogens with zero attached hydrogens (tertiary/aromatic N) is 4. The zero-order valence-electron chi connectivity index (χ0n) is 16.0. The largest absolute Gasteiger partial charge is 0.502 e. The molecule has 0 amide bonds. The van der Waals surface area contributed by atoms with Crippen LogP contribution >= 0.6 is 11.6 Å². The van der Waals surface area contributed by atoms with Gasteiger partial charge < -0.3 is 19.7 Å². The van der Waals surface area contributed by atoms with Crippen LogP contribution in [0.4, 0.5) is 17.3 Å². The highest BCUT2D eigenvalue weighted by molar-refractivity contribution is 6.33. The number of fused-ring (bicyclic) bond motifs is 1. The van der Waals surface area contributed by atoms with Crippen LogP contribution in [0, 0.1) is 10.1 Å². The van der Waals surface area contributed by atoms with Gasteiger partial charge in [-0.1, -0.05) is 29.8 Å². The molecule has 0 spiro atoms. The number of aryl methyl sites for hydroxylation is 1. The standard InChI is InChI=1S/C20H16ClN5O4/c1-25-10-12(11-5-3-4-6-15(11)25)19-13(21)9-22-20(24-19)23-14-7-16(26(28)29)17(27)8-18(14)30-2/h3-10,27H,1-2H3,(H,22,23,24). The number of nitro benzene ring substituents is 1. The third kappa shape index (κ3) is 3.35. The number of hydrogen-bond acceptors (Lipinski definition) is 7. The summed E-state index contributed by atoms with van der Waals surface area (Å²) in [6.07, 6.45) is 3.38. The van der Waals surface area contributed by atoms with Crippen LogP contribution in [0.3, 0.4) is 0 Å². The van der Waals surface area contributed by atoms with Crippen LogP contribution < -0.4 is 10.1 Å². The number of hydrogen-bond donors (Lipinski definition) is 2. The molecular weight excluding hydrogens is 410 g/mol. The molecule has 0 saturated carbocycles. The summed E-state index contributed by atoms with van der Waals surface area (Å²) in [5, 5.41) is 25.2. The van der Waals surface area contributed by atoms with Crippen molar-refractivity contribution in [2.24, 2.45) is 7.05 Å². The Morgan fingerprint density at radius 2 is 2.07 bits per heavy atom. The van der Waals surface area contributed by atoms with E-state index in [0.29, 0.717) is 10.7 Å². The molecule has 4 rings (SSSR count). The molecule has 0 aliphatic carbocycles. The van der Waals surface area contributed by atoms with E-state index in [2.05, 4.69) is 15.3 Å². The molecule has 2 heterocycles. The van der Waals surface area contributed by atoms with Gasteiger partial charge in [0.1, 0.15) is 5.75 Å². The first kappa shape index (κ1) is 19.5. The molecule has 0 saturated heterocycles. The molecular formula is C20H16ClN5O4. The van der Waals surface area contributed by atoms with Crippen molar-refractivity contribution in [3.05, 3.63) is 63.9 Å². The predicted molar refractivity (Wildman–Crippen MR) is 114 cm³/mol. The number of para-hydroxylation sites is 1. The van der Waals surface area contributed by atoms with Crippen LogP contribution in [0.25, 0.3) is 22.2 Å². The monoisotopic (exact) mass is 425 g/mol. The van der Waals surface area contributed by atoms with E-state index in [1.54, 1.807) is 0 Å². The Morgan fingerprint density at radius 1 is 1.30 bits per heavy atom. The van der Waals surface area contributed by atoms with Gasteiger partial charge in [0.05, 0.1) is 34.6 Å². The van der Waals surface area contributed by atoms with Gasteiger partial charge in [-0.2, -0.15) is 0 Å². The number of benzene rings is 2. The molecule has 4 aromatic rings. The van der Waals surface area contributed by atoms with Crippen LogP contribution in [0.15, 0.2) is 48.8 Å². The third-order valence-electron chi connectivity index (χ3n) is 4.64. The Labute approximate surface area is 175 Å². The van der Waals surface area contributed by atoms with E-state index < -0.39 is 16.4 Å². The Morgan fingerprint density at radius 3 is 2.80 bits per heavy atom. The van der Waals surface area contributed by atoms with Crippen molar-refractivity contribution < 1.29 is 14.8 Å². The maximum Gasteiger partial charge on any atom is 0.313 e. The van der Waals surface area contributed by atoms with Gasteiger partial charge in [0.15, 0.2) is 5.75 Å². The highest BCUT2D eigenvalue weighted by Crippen LogP contribution is 2.39. The number of methoxy groups -OCH3 is 1. The van der Waals surface area contributed by atoms with Crippen molar-refractivity contribution in [2.75, 3.05) is 12.4 Å². The topological polar surface area (TPSA) is 115 Å². The van der Waals surface area contributed by atoms with E-state index >= 15 is 0 Å². The zero-order valence-corrected chi connectivity index (χ0v) is 16.7. The summed E-state index contributed by atoms with van der Waals surface area (Å²) in [6.45, 7) is 0. The van der Waals surface area contributed by atoms with E-state index in [1.807, 2.05) is 42.1 Å². The first-order chi connectivity index (χ1) is 14.4. The molecule has 0 atom stereocenters. The average Bonchev–Trinajstić information content (AvgIpc) is 3.07. The van der Waals surface area contributed by atoms with E-state index in [-0.39, 0.29) is 17.4 Å². The Kier molecular flexibility index (Phi) is 4.88. The second kappa shape index (κ2) is 7.53. The van der Waals surface area contributed by atoms with Gasteiger partial charge in [0, 0.05) is 41.8 Å². The Bertz CT molecular complexity index is 1290. The molecule has 2 N–H and O–H groups in total. The fourth-order valence-corrected chi connectivity index (χ4v) is 3.43. The van der Waals surface area contributed by atoms with Crippen LogP contribution in [-0.2, 0) is 7.05 Å². The molecule has 0 aliphatic heterocycles. The average molecular weight is 426 g/mol. The number of nitro groups is 1. The summed E-state index contributed by atoms with van der Waals surface area (Å²) in [7, 11) is 3.32. The van der Waals surface area contributed by atoms with Gasteiger partial charge in [-0.05, 0) is 6.07 Å². The number of phenolic OH excluding ortho intramolecular Hbond substituents is 1. The summed E-state index contributed by atoms with van der Waals surface area (Å²) in [6, 6.07) is 10.2. The third-order valence-corrected chi connectivity index (χ3v) is 4.91. The minimum Gasteiger partial charge on any atom is -0.502 e. The molecule has 0 bridgehead atoms. The van der Waals surface area contributed by atoms with Crippen molar-refractivity contribution in [3.63, 3.8) is 0 Å². The van der Waals surface area contributed by atoms with Crippen molar-refractivity contribution in [1.82, 2.24) is 14.5 Å². The fourth-order valence-electron chi connectivity index (χ4n) is 3.24. The number of phenols is 1. The van der Waals surface area contributed by atoms with Crippen molar-refractivity contribution in [2.45, 2.75) is 0 Å². The van der Waals surface area contributed by atoms with Crippen molar-refractivity contribution in [3.8, 4) is 22.8 Å². The number of aromatic nitrogens is 3. The molecule has 2 aromatic carbocycles. The number of rotatable bonds is 5. The maximum absolute atomic E-state index is 11.2. The van der Waals surface area contributed by atoms with Gasteiger partial charge in [-0.25, -0.2) is 9.97 Å². The quantitative estimate of drug-likeness (QED) is 0.271. The van der Waals surface area contributed by atoms with Crippen LogP contribution in [0.5, 0.6) is 11.5 Å². The Balaban J connectivity index is 1.80. The smallest absolute Gasteiger partial charge is 0.313 e. The second-order valence-corrected chi connectivity index (χ2v) is 6.89. The lowest BCUT2D eigenvalue weighted by Gasteiger charge is -2.12. The van der Waals surface area contributed by atoms with E-state index in [0.717, 1.165) is 28.6 Å². The minimum atomic E-state index is -0.690. The normalized spacial score (nSPS) is 10.9. The maximum atomic E-state index is 11.2. The van der Waals surface area contributed by atoms with Gasteiger partial charge in [-0.3, -0.25) is 10.1 Å². The van der Waals surface area contributed by atoms with E-state index in [1.165, 1.54) is 13.3 Å². The minimum absolute atomic E-state index is 0.167. The lowest BCUT2D eigenvalue weighted by Crippen LogP contribution is -2.01. The van der Waals surface area contributed by atoms with Crippen LogP contribution in [0.1, 0.15) is 0 Å². The number of halogens is 1. The number of anilines is 2. The first-order valence-electron chi connectivity index (χ1n) is 8.78. The highest BCUT2D eigenvalue weighted by Gasteiger charge is 2.20. The molecule has 0 unspecified atom stereocenters. The van der Waals surface area contributed by atoms with Gasteiger partial charge in [0.2, 0.25) is 5.95 Å². The van der Waals surface area contributed by atoms with Crippen LogP contribution in [-0.4, -0.2) is 31.7 Å². The predicted octanol–water partition coefficient (Wildman–Crippen LogP) is 4.65. The molecule has 2 aromatic heterocycles. The lowest BCUT2D eigenvalue weighted by molar-refractivity contribution is -0.385. The summed E-state index contributed by atoms with van der Waals surface area (Å²) >= 11 is 6.38. The molecule has 9 nitrogen and oxygen atoms in total. The van der Waals surface area contributed by atoms with Gasteiger partial charge in [0.25, 0.3) is 0 Å². The second-order valence-electron chi connectivity index (χ2n) is 6.48. The molecule has 0 aliphatic rings. The SMILES string of the molecule is COc1cc(O)c([N+](=O)[O-])cc1Nc1ncc(Cl)c(-c2cn(C)c3ccccc23)n1. The van der Waals surface area contributed by atoms with Crippen molar-refractivity contribution >= 4 is 39.8 Å². The highest BCUT2D eigenvalue weighted by atomic mass is 35.5. The van der Waals surface area contributed by atoms with Gasteiger partial charge in [-0.15, -0.1) is 0 Å². The zero-order chi connectivity index (χ0) is 21.4. The van der Waals surface area contributed by atoms with Crippen LogP contribution in [0.2, 0.25) is 5.02 Å². The summed E-state index contributed by atoms with van der Waals surface area (Å²) in [5.41, 5.74) is 2.12. The summed E-state index contributed by atoms with van der Waals surface area (Å²) in [4.78, 5) is 19.2. The van der Waals surface area contributed by atoms with Crippen molar-refractivity contribution in [1.29, 1.82) is 0 Å². The van der Waals surface area contributed by atoms with Gasteiger partial charge >= 0.3 is 5.69 Å². The first-order valence-corrected chi connectivity index (χ1v) is 9.16. The number of aromatic hydroxyl groups is 1. The Hall–Kier alpha value is -3.85. The number of ether oxygens (including phenoxy) is 1. The molecule has 10 heteroatoms. The molecule has 0 fully saturated rings. The summed E-state index contributed by atoms with van der Waals surface area (Å²) in [5.74, 6) is -0.139. The number of nitrogens with one attached hydrogen (secondary N) is 1. The van der Waals surface area contributed by atoms with E-state index in [9.17, 15) is 15.2 Å².